The van der Waals surface area contributed by atoms with Crippen LogP contribution < -0.4 is 10.2 Å². The van der Waals surface area contributed by atoms with E-state index in [1.165, 1.54) is 6.42 Å². The number of hydrogen-bond donors (Lipinski definition) is 1. The molecule has 2 amide bonds. The van der Waals surface area contributed by atoms with Gasteiger partial charge < -0.3 is 15.1 Å². The number of halogens is 1. The van der Waals surface area contributed by atoms with Crippen molar-refractivity contribution >= 4 is 29.9 Å². The Kier molecular flexibility index (Phi) is 5.58. The lowest BCUT2D eigenvalue weighted by Crippen LogP contribution is -2.44. The fraction of sp³-hybridized carbons (Fsp3) is 0.600. The zero-order valence-electron chi connectivity index (χ0n) is 15.4. The Balaban J connectivity index is 0.00000196. The van der Waals surface area contributed by atoms with Gasteiger partial charge in [-0.15, -0.1) is 12.4 Å². The van der Waals surface area contributed by atoms with Crippen molar-refractivity contribution < 1.29 is 9.59 Å². The number of likely N-dealkylation sites (tertiary alicyclic amines) is 1. The molecule has 1 spiro atoms. The van der Waals surface area contributed by atoms with E-state index >= 15 is 0 Å². The highest BCUT2D eigenvalue weighted by atomic mass is 35.5. The van der Waals surface area contributed by atoms with Crippen LogP contribution in [-0.2, 0) is 4.79 Å². The van der Waals surface area contributed by atoms with Gasteiger partial charge in [0.05, 0.1) is 11.3 Å². The molecule has 1 aromatic rings. The van der Waals surface area contributed by atoms with Gasteiger partial charge in [-0.05, 0) is 56.2 Å². The number of rotatable bonds is 3. The van der Waals surface area contributed by atoms with Crippen LogP contribution in [0, 0.1) is 11.3 Å². The number of anilines is 1. The van der Waals surface area contributed by atoms with E-state index in [1.807, 2.05) is 29.2 Å². The predicted octanol–water partition coefficient (Wildman–Crippen LogP) is 2.70. The van der Waals surface area contributed by atoms with Crippen LogP contribution in [0.2, 0.25) is 0 Å². The summed E-state index contributed by atoms with van der Waals surface area (Å²) in [4.78, 5) is 29.2. The standard InChI is InChI=1S/C20H27N3O2.ClH/c1-22(18(24)15-6-7-15)17-5-3-2-4-16(17)19(25)23-12-9-20(10-13-23)8-11-21-14-20;/h2-5,15,21H,6-14H2,1H3;1H. The summed E-state index contributed by atoms with van der Waals surface area (Å²) in [6.07, 6.45) is 5.32. The van der Waals surface area contributed by atoms with Gasteiger partial charge in [0.1, 0.15) is 0 Å². The summed E-state index contributed by atoms with van der Waals surface area (Å²) in [5.74, 6) is 0.347. The van der Waals surface area contributed by atoms with E-state index < -0.39 is 0 Å². The lowest BCUT2D eigenvalue weighted by Gasteiger charge is -2.39. The Hall–Kier alpha value is -1.59. The summed E-state index contributed by atoms with van der Waals surface area (Å²) in [5.41, 5.74) is 1.79. The van der Waals surface area contributed by atoms with Crippen LogP contribution in [0.15, 0.2) is 24.3 Å². The molecule has 0 aromatic heterocycles. The minimum absolute atomic E-state index is 0. The average molecular weight is 378 g/mol. The van der Waals surface area contributed by atoms with Crippen molar-refractivity contribution in [1.29, 1.82) is 0 Å². The van der Waals surface area contributed by atoms with E-state index in [0.29, 0.717) is 11.0 Å². The molecule has 0 bridgehead atoms. The molecule has 5 nitrogen and oxygen atoms in total. The Morgan fingerprint density at radius 3 is 2.46 bits per heavy atom. The molecule has 0 atom stereocenters. The van der Waals surface area contributed by atoms with E-state index in [4.69, 9.17) is 0 Å². The molecule has 2 aliphatic heterocycles. The summed E-state index contributed by atoms with van der Waals surface area (Å²) in [5, 5.41) is 3.46. The molecule has 2 heterocycles. The number of carbonyl (C=O) groups excluding carboxylic acids is 2. The van der Waals surface area contributed by atoms with E-state index in [9.17, 15) is 9.59 Å². The zero-order chi connectivity index (χ0) is 17.4. The normalized spacial score (nSPS) is 21.3. The second-order valence-corrected chi connectivity index (χ2v) is 7.91. The summed E-state index contributed by atoms with van der Waals surface area (Å²) in [6, 6.07) is 7.53. The Bertz CT molecular complexity index is 673. The Morgan fingerprint density at radius 2 is 1.85 bits per heavy atom. The lowest BCUT2D eigenvalue weighted by atomic mass is 9.78. The van der Waals surface area contributed by atoms with Crippen LogP contribution >= 0.6 is 12.4 Å². The molecule has 2 saturated heterocycles. The lowest BCUT2D eigenvalue weighted by molar-refractivity contribution is -0.119. The third-order valence-corrected chi connectivity index (χ3v) is 6.20. The maximum Gasteiger partial charge on any atom is 0.255 e. The van der Waals surface area contributed by atoms with Crippen molar-refractivity contribution in [3.8, 4) is 0 Å². The SMILES string of the molecule is CN(C(=O)C1CC1)c1ccccc1C(=O)N1CCC2(CCNC2)CC1.Cl. The monoisotopic (exact) mass is 377 g/mol. The molecular formula is C20H28ClN3O2. The van der Waals surface area contributed by atoms with Crippen molar-refractivity contribution in [2.45, 2.75) is 32.1 Å². The van der Waals surface area contributed by atoms with Gasteiger partial charge in [0.2, 0.25) is 5.91 Å². The molecule has 1 N–H and O–H groups in total. The summed E-state index contributed by atoms with van der Waals surface area (Å²) in [6.45, 7) is 3.82. The largest absolute Gasteiger partial charge is 0.339 e. The molecule has 0 radical (unpaired) electrons. The Labute approximate surface area is 161 Å². The number of nitrogens with zero attached hydrogens (tertiary/aromatic N) is 2. The predicted molar refractivity (Wildman–Crippen MR) is 105 cm³/mol. The molecular weight excluding hydrogens is 350 g/mol. The van der Waals surface area contributed by atoms with E-state index in [1.54, 1.807) is 11.9 Å². The van der Waals surface area contributed by atoms with Crippen LogP contribution in [-0.4, -0.2) is 49.9 Å². The maximum atomic E-state index is 13.1. The molecule has 1 saturated carbocycles. The number of nitrogens with one attached hydrogen (secondary N) is 1. The molecule has 142 valence electrons. The molecule has 1 aromatic carbocycles. The third kappa shape index (κ3) is 3.60. The van der Waals surface area contributed by atoms with Gasteiger partial charge >= 0.3 is 0 Å². The van der Waals surface area contributed by atoms with Gasteiger partial charge in [-0.3, -0.25) is 9.59 Å². The molecule has 3 fully saturated rings. The highest BCUT2D eigenvalue weighted by Crippen LogP contribution is 2.38. The molecule has 26 heavy (non-hydrogen) atoms. The third-order valence-electron chi connectivity index (χ3n) is 6.20. The van der Waals surface area contributed by atoms with Gasteiger partial charge in [0, 0.05) is 32.6 Å². The number of benzene rings is 1. The minimum Gasteiger partial charge on any atom is -0.339 e. The zero-order valence-corrected chi connectivity index (χ0v) is 16.2. The number of piperidine rings is 1. The highest BCUT2D eigenvalue weighted by Gasteiger charge is 2.39. The van der Waals surface area contributed by atoms with Crippen LogP contribution in [0.4, 0.5) is 5.69 Å². The van der Waals surface area contributed by atoms with E-state index in [-0.39, 0.29) is 30.1 Å². The van der Waals surface area contributed by atoms with E-state index in [2.05, 4.69) is 5.32 Å². The van der Waals surface area contributed by atoms with Crippen LogP contribution in [0.3, 0.4) is 0 Å². The quantitative estimate of drug-likeness (QED) is 0.881. The van der Waals surface area contributed by atoms with Gasteiger partial charge in [-0.2, -0.15) is 0 Å². The first kappa shape index (κ1) is 19.2. The fourth-order valence-corrected chi connectivity index (χ4v) is 4.25. The Morgan fingerprint density at radius 1 is 1.15 bits per heavy atom. The minimum atomic E-state index is 0. The maximum absolute atomic E-state index is 13.1. The van der Waals surface area contributed by atoms with Crippen molar-refractivity contribution in [3.05, 3.63) is 29.8 Å². The molecule has 6 heteroatoms. The van der Waals surface area contributed by atoms with Crippen molar-refractivity contribution in [3.63, 3.8) is 0 Å². The topological polar surface area (TPSA) is 52.7 Å². The van der Waals surface area contributed by atoms with Crippen molar-refractivity contribution in [1.82, 2.24) is 10.2 Å². The number of carbonyl (C=O) groups is 2. The second kappa shape index (κ2) is 7.57. The molecule has 0 unspecified atom stereocenters. The first-order valence-corrected chi connectivity index (χ1v) is 9.46. The second-order valence-electron chi connectivity index (χ2n) is 7.91. The van der Waals surface area contributed by atoms with E-state index in [0.717, 1.165) is 57.5 Å². The van der Waals surface area contributed by atoms with Gasteiger partial charge in [0.25, 0.3) is 5.91 Å². The number of hydrogen-bond acceptors (Lipinski definition) is 3. The molecule has 4 rings (SSSR count). The van der Waals surface area contributed by atoms with Crippen molar-refractivity contribution in [2.24, 2.45) is 11.3 Å². The number of amides is 2. The average Bonchev–Trinajstić information content (AvgIpc) is 3.41. The molecule has 1 aliphatic carbocycles. The van der Waals surface area contributed by atoms with Crippen LogP contribution in [0.25, 0.3) is 0 Å². The van der Waals surface area contributed by atoms with Crippen LogP contribution in [0.1, 0.15) is 42.5 Å². The van der Waals surface area contributed by atoms with Gasteiger partial charge in [-0.1, -0.05) is 12.1 Å². The smallest absolute Gasteiger partial charge is 0.255 e. The van der Waals surface area contributed by atoms with Crippen molar-refractivity contribution in [2.75, 3.05) is 38.1 Å². The first-order valence-electron chi connectivity index (χ1n) is 9.46. The summed E-state index contributed by atoms with van der Waals surface area (Å²) < 4.78 is 0. The summed E-state index contributed by atoms with van der Waals surface area (Å²) >= 11 is 0. The number of para-hydroxylation sites is 1. The van der Waals surface area contributed by atoms with Gasteiger partial charge in [0.15, 0.2) is 0 Å². The van der Waals surface area contributed by atoms with Gasteiger partial charge in [-0.25, -0.2) is 0 Å². The first-order chi connectivity index (χ1) is 12.1. The molecule has 3 aliphatic rings. The fourth-order valence-electron chi connectivity index (χ4n) is 4.25. The van der Waals surface area contributed by atoms with Crippen LogP contribution in [0.5, 0.6) is 0 Å². The summed E-state index contributed by atoms with van der Waals surface area (Å²) in [7, 11) is 1.79. The highest BCUT2D eigenvalue weighted by molar-refractivity contribution is 6.05.